The van der Waals surface area contributed by atoms with Crippen molar-refractivity contribution in [3.63, 3.8) is 0 Å². The van der Waals surface area contributed by atoms with Gasteiger partial charge < -0.3 is 0 Å². The third kappa shape index (κ3) is 5.92. The molecule has 0 atom stereocenters. The number of hydrogen-bond acceptors (Lipinski definition) is 4. The summed E-state index contributed by atoms with van der Waals surface area (Å²) in [4.78, 5) is 53.2. The van der Waals surface area contributed by atoms with Gasteiger partial charge in [-0.05, 0) is 125 Å². The Kier molecular flexibility index (Phi) is 8.44. The average molecular weight is 681 g/mol. The first-order chi connectivity index (χ1) is 25.3. The molecule has 0 fully saturated rings. The minimum Gasteiger partial charge on any atom is -0.275 e. The van der Waals surface area contributed by atoms with Crippen LogP contribution in [0.25, 0.3) is 33.4 Å². The van der Waals surface area contributed by atoms with Gasteiger partial charge in [-0.2, -0.15) is 0 Å². The van der Waals surface area contributed by atoms with Crippen molar-refractivity contribution in [1.29, 1.82) is 0 Å². The second kappa shape index (κ2) is 13.4. The number of hydrogen-bond donors (Lipinski definition) is 0. The number of amides is 4. The van der Waals surface area contributed by atoms with Crippen LogP contribution >= 0.6 is 0 Å². The van der Waals surface area contributed by atoms with Crippen molar-refractivity contribution in [2.24, 2.45) is 0 Å². The highest BCUT2D eigenvalue weighted by molar-refractivity contribution is 6.22. The molecule has 8 rings (SSSR count). The number of carbonyl (C=O) groups is 4. The third-order valence-corrected chi connectivity index (χ3v) is 10.1. The topological polar surface area (TPSA) is 74.8 Å². The highest BCUT2D eigenvalue weighted by atomic mass is 16.2. The highest BCUT2D eigenvalue weighted by Gasteiger charge is 2.35. The van der Waals surface area contributed by atoms with E-state index in [1.54, 1.807) is 12.1 Å². The third-order valence-electron chi connectivity index (χ3n) is 10.1. The molecule has 2 aliphatic rings. The quantitative estimate of drug-likeness (QED) is 0.143. The van der Waals surface area contributed by atoms with Gasteiger partial charge in [0.2, 0.25) is 0 Å². The second-order valence-corrected chi connectivity index (χ2v) is 13.4. The van der Waals surface area contributed by atoms with Crippen LogP contribution in [0.3, 0.4) is 0 Å². The fraction of sp³-hybridized carbons (Fsp3) is 0.130. The van der Waals surface area contributed by atoms with Gasteiger partial charge in [-0.3, -0.25) is 29.0 Å². The van der Waals surface area contributed by atoms with E-state index in [1.165, 1.54) is 9.80 Å². The lowest BCUT2D eigenvalue weighted by atomic mass is 9.92. The van der Waals surface area contributed by atoms with Crippen molar-refractivity contribution in [2.45, 2.75) is 26.7 Å². The minimum absolute atomic E-state index is 0.219. The predicted octanol–water partition coefficient (Wildman–Crippen LogP) is 9.10. The van der Waals surface area contributed by atoms with Gasteiger partial charge >= 0.3 is 0 Å². The molecular formula is C46H36N2O4. The number of carbonyl (C=O) groups excluding carboxylic acids is 4. The van der Waals surface area contributed by atoms with Crippen LogP contribution in [-0.4, -0.2) is 46.5 Å². The average Bonchev–Trinajstić information content (AvgIpc) is 3.57. The van der Waals surface area contributed by atoms with E-state index in [2.05, 4.69) is 91.0 Å². The Hall–Kier alpha value is -6.40. The van der Waals surface area contributed by atoms with E-state index in [1.807, 2.05) is 44.2 Å². The molecule has 2 heterocycles. The molecule has 0 spiro atoms. The molecule has 6 aromatic carbocycles. The van der Waals surface area contributed by atoms with Gasteiger partial charge in [0.15, 0.2) is 0 Å². The summed E-state index contributed by atoms with van der Waals surface area (Å²) in [6.07, 6.45) is 1.31. The zero-order valence-electron chi connectivity index (χ0n) is 29.1. The molecule has 0 aliphatic carbocycles. The lowest BCUT2D eigenvalue weighted by molar-refractivity contribution is 0.0647. The van der Waals surface area contributed by atoms with E-state index in [-0.39, 0.29) is 23.6 Å². The molecule has 4 amide bonds. The van der Waals surface area contributed by atoms with Crippen molar-refractivity contribution in [3.8, 4) is 33.4 Å². The summed E-state index contributed by atoms with van der Waals surface area (Å²) in [5.74, 6) is -0.878. The molecule has 0 N–H and O–H groups in total. The first-order valence-electron chi connectivity index (χ1n) is 17.7. The molecule has 2 aliphatic heterocycles. The first kappa shape index (κ1) is 32.8. The summed E-state index contributed by atoms with van der Waals surface area (Å²) < 4.78 is 0. The van der Waals surface area contributed by atoms with Crippen LogP contribution in [0.2, 0.25) is 0 Å². The van der Waals surface area contributed by atoms with E-state index >= 15 is 0 Å². The molecule has 52 heavy (non-hydrogen) atoms. The summed E-state index contributed by atoms with van der Waals surface area (Å²) >= 11 is 0. The zero-order chi connectivity index (χ0) is 35.9. The van der Waals surface area contributed by atoms with Crippen LogP contribution in [0.1, 0.15) is 77.5 Å². The number of nitrogens with zero attached hydrogens (tertiary/aromatic N) is 2. The molecule has 254 valence electrons. The number of benzene rings is 6. The molecule has 6 aromatic rings. The van der Waals surface area contributed by atoms with Gasteiger partial charge in [0.25, 0.3) is 23.6 Å². The minimum atomic E-state index is -0.220. The number of imide groups is 2. The van der Waals surface area contributed by atoms with E-state index in [0.29, 0.717) is 48.2 Å². The maximum atomic E-state index is 12.7. The molecule has 6 nitrogen and oxygen atoms in total. The molecule has 0 aromatic heterocycles. The summed E-state index contributed by atoms with van der Waals surface area (Å²) in [6, 6.07) is 45.2. The highest BCUT2D eigenvalue weighted by Crippen LogP contribution is 2.34. The Bertz CT molecular complexity index is 2250. The summed E-state index contributed by atoms with van der Waals surface area (Å²) in [6.45, 7) is 4.36. The zero-order valence-corrected chi connectivity index (χ0v) is 29.1. The first-order valence-corrected chi connectivity index (χ1v) is 17.7. The summed E-state index contributed by atoms with van der Waals surface area (Å²) in [5.41, 5.74) is 12.8. The molecule has 0 radical (unpaired) electrons. The lowest BCUT2D eigenvalue weighted by Crippen LogP contribution is -2.29. The fourth-order valence-corrected chi connectivity index (χ4v) is 7.33. The van der Waals surface area contributed by atoms with Gasteiger partial charge in [0, 0.05) is 13.1 Å². The van der Waals surface area contributed by atoms with Crippen LogP contribution < -0.4 is 0 Å². The second-order valence-electron chi connectivity index (χ2n) is 13.4. The fourth-order valence-electron chi connectivity index (χ4n) is 7.33. The van der Waals surface area contributed by atoms with E-state index in [0.717, 1.165) is 55.6 Å². The van der Waals surface area contributed by atoms with Crippen LogP contribution in [0.5, 0.6) is 0 Å². The van der Waals surface area contributed by atoms with Gasteiger partial charge in [-0.15, -0.1) is 0 Å². The predicted molar refractivity (Wildman–Crippen MR) is 203 cm³/mol. The SMILES string of the molecule is CCN1C(=O)c2ccc(Cc3ccc(-c4cc(-c5ccccc5)cc(-c5ccc(Cc6ccc7c(c6)C(=O)N(CC)C7=O)cc5)c4)cc3)cc2C1=O. The standard InChI is InChI=1S/C46H36N2O4/c1-3-47-43(49)39-20-14-31(24-41(39)45(47)51)22-29-10-16-34(17-11-29)37-26-36(33-8-6-5-7-9-33)27-38(28-37)35-18-12-30(13-19-35)23-32-15-21-40-42(25-32)46(52)48(4-2)44(40)50/h5-21,24-28H,3-4,22-23H2,1-2H3. The summed E-state index contributed by atoms with van der Waals surface area (Å²) in [5, 5.41) is 0. The van der Waals surface area contributed by atoms with Crippen LogP contribution in [0.15, 0.2) is 133 Å². The molecule has 0 saturated carbocycles. The Morgan fingerprint density at radius 2 is 0.692 bits per heavy atom. The Labute approximate surface area is 303 Å². The largest absolute Gasteiger partial charge is 0.275 e. The molecular weight excluding hydrogens is 645 g/mol. The molecule has 0 saturated heterocycles. The van der Waals surface area contributed by atoms with Gasteiger partial charge in [-0.1, -0.05) is 91.0 Å². The smallest absolute Gasteiger partial charge is 0.261 e. The van der Waals surface area contributed by atoms with Gasteiger partial charge in [-0.25, -0.2) is 0 Å². The van der Waals surface area contributed by atoms with E-state index in [4.69, 9.17) is 0 Å². The van der Waals surface area contributed by atoms with Gasteiger partial charge in [0.05, 0.1) is 22.3 Å². The van der Waals surface area contributed by atoms with Crippen LogP contribution in [0, 0.1) is 0 Å². The van der Waals surface area contributed by atoms with Crippen molar-refractivity contribution >= 4 is 23.6 Å². The van der Waals surface area contributed by atoms with Crippen LogP contribution in [-0.2, 0) is 12.8 Å². The Balaban J connectivity index is 1.05. The number of fused-ring (bicyclic) bond motifs is 2. The molecule has 0 unspecified atom stereocenters. The van der Waals surface area contributed by atoms with E-state index in [9.17, 15) is 19.2 Å². The Morgan fingerprint density at radius 3 is 1.08 bits per heavy atom. The van der Waals surface area contributed by atoms with Crippen LogP contribution in [0.4, 0.5) is 0 Å². The Morgan fingerprint density at radius 1 is 0.346 bits per heavy atom. The summed E-state index contributed by atoms with van der Waals surface area (Å²) in [7, 11) is 0. The van der Waals surface area contributed by atoms with Crippen molar-refractivity contribution < 1.29 is 19.2 Å². The maximum Gasteiger partial charge on any atom is 0.261 e. The normalized spacial score (nSPS) is 13.6. The monoisotopic (exact) mass is 680 g/mol. The lowest BCUT2D eigenvalue weighted by Gasteiger charge is -2.13. The van der Waals surface area contributed by atoms with Crippen molar-refractivity contribution in [1.82, 2.24) is 9.80 Å². The molecule has 0 bridgehead atoms. The van der Waals surface area contributed by atoms with Crippen molar-refractivity contribution in [3.05, 3.63) is 178 Å². The molecule has 6 heteroatoms. The number of rotatable bonds is 9. The van der Waals surface area contributed by atoms with Gasteiger partial charge in [0.1, 0.15) is 0 Å². The van der Waals surface area contributed by atoms with E-state index < -0.39 is 0 Å². The maximum absolute atomic E-state index is 12.7. The van der Waals surface area contributed by atoms with Crippen molar-refractivity contribution in [2.75, 3.05) is 13.1 Å².